The molecule has 7 heteroatoms. The molecule has 2 aromatic heterocycles. The van der Waals surface area contributed by atoms with E-state index in [9.17, 15) is 9.18 Å². The van der Waals surface area contributed by atoms with Crippen molar-refractivity contribution < 1.29 is 18.7 Å². The maximum atomic E-state index is 14.5. The van der Waals surface area contributed by atoms with Crippen molar-refractivity contribution in [2.75, 3.05) is 19.5 Å². The second-order valence-corrected chi connectivity index (χ2v) is 6.78. The average molecular weight is 405 g/mol. The van der Waals surface area contributed by atoms with Crippen molar-refractivity contribution in [1.82, 2.24) is 9.38 Å². The Morgan fingerprint density at radius 1 is 1.03 bits per heavy atom. The topological polar surface area (TPSA) is 64.9 Å². The number of benzene rings is 2. The van der Waals surface area contributed by atoms with Crippen LogP contribution in [0.1, 0.15) is 15.9 Å². The number of hydrogen-bond acceptors (Lipinski definition) is 4. The van der Waals surface area contributed by atoms with Crippen molar-refractivity contribution in [1.29, 1.82) is 0 Å². The van der Waals surface area contributed by atoms with Gasteiger partial charge in [-0.1, -0.05) is 18.2 Å². The van der Waals surface area contributed by atoms with E-state index in [2.05, 4.69) is 10.3 Å². The van der Waals surface area contributed by atoms with Crippen LogP contribution in [0, 0.1) is 12.7 Å². The molecule has 0 aliphatic carbocycles. The summed E-state index contributed by atoms with van der Waals surface area (Å²) in [5, 5.41) is 2.89. The van der Waals surface area contributed by atoms with Gasteiger partial charge in [-0.15, -0.1) is 0 Å². The van der Waals surface area contributed by atoms with Gasteiger partial charge in [0.25, 0.3) is 5.91 Å². The Morgan fingerprint density at radius 3 is 2.40 bits per heavy atom. The van der Waals surface area contributed by atoms with Crippen molar-refractivity contribution in [3.05, 3.63) is 77.7 Å². The first-order chi connectivity index (χ1) is 14.5. The summed E-state index contributed by atoms with van der Waals surface area (Å²) in [6, 6.07) is 15.0. The van der Waals surface area contributed by atoms with E-state index in [4.69, 9.17) is 9.47 Å². The summed E-state index contributed by atoms with van der Waals surface area (Å²) >= 11 is 0. The lowest BCUT2D eigenvalue weighted by Crippen LogP contribution is -2.14. The lowest BCUT2D eigenvalue weighted by molar-refractivity contribution is 0.102. The normalized spacial score (nSPS) is 10.8. The van der Waals surface area contributed by atoms with Gasteiger partial charge in [-0.25, -0.2) is 9.37 Å². The molecular weight excluding hydrogens is 385 g/mol. The second kappa shape index (κ2) is 7.87. The maximum absolute atomic E-state index is 14.5. The molecule has 0 atom stereocenters. The summed E-state index contributed by atoms with van der Waals surface area (Å²) < 4.78 is 26.8. The fraction of sp³-hybridized carbons (Fsp3) is 0.130. The third-order valence-electron chi connectivity index (χ3n) is 4.74. The number of aryl methyl sites for hydroxylation is 1. The van der Waals surface area contributed by atoms with Crippen LogP contribution in [0.3, 0.4) is 0 Å². The van der Waals surface area contributed by atoms with E-state index in [0.29, 0.717) is 39.8 Å². The molecule has 0 aliphatic rings. The van der Waals surface area contributed by atoms with Crippen LogP contribution in [-0.4, -0.2) is 29.5 Å². The molecule has 2 aromatic carbocycles. The molecule has 2 heterocycles. The van der Waals surface area contributed by atoms with E-state index in [0.717, 1.165) is 5.56 Å². The molecule has 152 valence electrons. The summed E-state index contributed by atoms with van der Waals surface area (Å²) in [5.41, 5.74) is 2.56. The SMILES string of the molecule is COc1cc(OC)cc(C(=O)Nc2c(-c3ccccc3F)nc3ccc(C)cn23)c1. The zero-order valence-electron chi connectivity index (χ0n) is 16.8. The van der Waals surface area contributed by atoms with Crippen LogP contribution in [0.15, 0.2) is 60.8 Å². The highest BCUT2D eigenvalue weighted by Gasteiger charge is 2.20. The van der Waals surface area contributed by atoms with Gasteiger partial charge in [0.1, 0.15) is 34.5 Å². The molecule has 0 fully saturated rings. The van der Waals surface area contributed by atoms with Gasteiger partial charge in [0, 0.05) is 23.4 Å². The number of carbonyl (C=O) groups excluding carboxylic acids is 1. The molecule has 1 amide bonds. The molecule has 6 nitrogen and oxygen atoms in total. The van der Waals surface area contributed by atoms with Gasteiger partial charge in [-0.2, -0.15) is 0 Å². The first kappa shape index (κ1) is 19.4. The molecule has 0 saturated carbocycles. The smallest absolute Gasteiger partial charge is 0.257 e. The van der Waals surface area contributed by atoms with Gasteiger partial charge in [0.15, 0.2) is 0 Å². The first-order valence-electron chi connectivity index (χ1n) is 9.28. The first-order valence-corrected chi connectivity index (χ1v) is 9.28. The highest BCUT2D eigenvalue weighted by molar-refractivity contribution is 6.06. The van der Waals surface area contributed by atoms with Gasteiger partial charge >= 0.3 is 0 Å². The largest absolute Gasteiger partial charge is 0.497 e. The maximum Gasteiger partial charge on any atom is 0.257 e. The van der Waals surface area contributed by atoms with E-state index in [1.165, 1.54) is 20.3 Å². The summed E-state index contributed by atoms with van der Waals surface area (Å²) in [6.45, 7) is 1.93. The van der Waals surface area contributed by atoms with Crippen LogP contribution in [-0.2, 0) is 0 Å². The van der Waals surface area contributed by atoms with E-state index >= 15 is 0 Å². The molecule has 0 radical (unpaired) electrons. The number of anilines is 1. The number of rotatable bonds is 5. The number of methoxy groups -OCH3 is 2. The number of aromatic nitrogens is 2. The average Bonchev–Trinajstić information content (AvgIpc) is 3.10. The number of fused-ring (bicyclic) bond motifs is 1. The summed E-state index contributed by atoms with van der Waals surface area (Å²) in [5.74, 6) is 0.542. The second-order valence-electron chi connectivity index (χ2n) is 6.78. The number of carbonyl (C=O) groups is 1. The van der Waals surface area contributed by atoms with Crippen LogP contribution in [0.25, 0.3) is 16.9 Å². The van der Waals surface area contributed by atoms with E-state index in [-0.39, 0.29) is 0 Å². The Hall–Kier alpha value is -3.87. The van der Waals surface area contributed by atoms with Crippen molar-refractivity contribution in [2.45, 2.75) is 6.92 Å². The monoisotopic (exact) mass is 405 g/mol. The lowest BCUT2D eigenvalue weighted by Gasteiger charge is -2.11. The zero-order chi connectivity index (χ0) is 21.3. The fourth-order valence-electron chi connectivity index (χ4n) is 3.23. The highest BCUT2D eigenvalue weighted by atomic mass is 19.1. The molecule has 0 bridgehead atoms. The minimum absolute atomic E-state index is 0.303. The summed E-state index contributed by atoms with van der Waals surface area (Å²) in [4.78, 5) is 17.6. The molecule has 30 heavy (non-hydrogen) atoms. The number of nitrogens with one attached hydrogen (secondary N) is 1. The van der Waals surface area contributed by atoms with Gasteiger partial charge in [-0.3, -0.25) is 9.20 Å². The van der Waals surface area contributed by atoms with Gasteiger partial charge in [-0.05, 0) is 42.8 Å². The highest BCUT2D eigenvalue weighted by Crippen LogP contribution is 2.32. The quantitative estimate of drug-likeness (QED) is 0.522. The zero-order valence-corrected chi connectivity index (χ0v) is 16.8. The van der Waals surface area contributed by atoms with Gasteiger partial charge in [0.2, 0.25) is 0 Å². The molecule has 4 rings (SSSR count). The molecule has 0 aliphatic heterocycles. The predicted molar refractivity (Wildman–Crippen MR) is 113 cm³/mol. The number of ether oxygens (including phenoxy) is 2. The Kier molecular flexibility index (Phi) is 5.10. The Labute approximate surface area is 172 Å². The number of pyridine rings is 1. The number of nitrogens with zero attached hydrogens (tertiary/aromatic N) is 2. The molecule has 1 N–H and O–H groups in total. The third kappa shape index (κ3) is 3.57. The van der Waals surface area contributed by atoms with Crippen molar-refractivity contribution in [3.63, 3.8) is 0 Å². The number of imidazole rings is 1. The summed E-state index contributed by atoms with van der Waals surface area (Å²) in [6.07, 6.45) is 1.84. The van der Waals surface area contributed by atoms with Crippen molar-refractivity contribution in [3.8, 4) is 22.8 Å². The Morgan fingerprint density at radius 2 is 1.73 bits per heavy atom. The van der Waals surface area contributed by atoms with E-state index in [1.54, 1.807) is 40.8 Å². The minimum Gasteiger partial charge on any atom is -0.497 e. The molecule has 0 saturated heterocycles. The minimum atomic E-state index is -0.420. The van der Waals surface area contributed by atoms with Crippen LogP contribution >= 0.6 is 0 Å². The number of hydrogen-bond donors (Lipinski definition) is 1. The van der Waals surface area contributed by atoms with E-state index in [1.807, 2.05) is 25.3 Å². The van der Waals surface area contributed by atoms with Crippen LogP contribution in [0.2, 0.25) is 0 Å². The number of halogens is 1. The third-order valence-corrected chi connectivity index (χ3v) is 4.74. The van der Waals surface area contributed by atoms with Gasteiger partial charge < -0.3 is 14.8 Å². The van der Waals surface area contributed by atoms with Gasteiger partial charge in [0.05, 0.1) is 14.2 Å². The van der Waals surface area contributed by atoms with Crippen LogP contribution in [0.4, 0.5) is 10.2 Å². The number of amides is 1. The Balaban J connectivity index is 1.84. The predicted octanol–water partition coefficient (Wildman–Crippen LogP) is 4.72. The Bertz CT molecular complexity index is 1230. The standard InChI is InChI=1S/C23H20FN3O3/c1-14-8-9-20-25-21(18-6-4-5-7-19(18)24)22(27(20)13-14)26-23(28)15-10-16(29-2)12-17(11-15)30-3/h4-13H,1-3H3,(H,26,28). The van der Waals surface area contributed by atoms with Crippen molar-refractivity contribution in [2.24, 2.45) is 0 Å². The fourth-order valence-corrected chi connectivity index (χ4v) is 3.23. The summed E-state index contributed by atoms with van der Waals surface area (Å²) in [7, 11) is 3.03. The van der Waals surface area contributed by atoms with E-state index < -0.39 is 11.7 Å². The lowest BCUT2D eigenvalue weighted by atomic mass is 10.1. The molecule has 0 spiro atoms. The van der Waals surface area contributed by atoms with Crippen LogP contribution in [0.5, 0.6) is 11.5 Å². The van der Waals surface area contributed by atoms with Crippen LogP contribution < -0.4 is 14.8 Å². The molecular formula is C23H20FN3O3. The molecule has 0 unspecified atom stereocenters. The molecule has 4 aromatic rings. The van der Waals surface area contributed by atoms with Crippen molar-refractivity contribution >= 4 is 17.4 Å².